The Labute approximate surface area is 234 Å². The summed E-state index contributed by atoms with van der Waals surface area (Å²) in [6.07, 6.45) is 2.66. The Morgan fingerprint density at radius 1 is 1.00 bits per heavy atom. The number of carbonyl (C=O) groups is 4. The summed E-state index contributed by atoms with van der Waals surface area (Å²) in [6.45, 7) is 2.01. The van der Waals surface area contributed by atoms with Crippen molar-refractivity contribution in [2.75, 3.05) is 11.9 Å². The van der Waals surface area contributed by atoms with Gasteiger partial charge in [-0.25, -0.2) is 4.39 Å². The first-order valence-corrected chi connectivity index (χ1v) is 13.6. The lowest BCUT2D eigenvalue weighted by Gasteiger charge is -2.50. The monoisotopic (exact) mass is 570 g/mol. The predicted molar refractivity (Wildman–Crippen MR) is 142 cm³/mol. The number of phenols is 1. The molecule has 0 bridgehead atoms. The highest BCUT2D eigenvalue weighted by Crippen LogP contribution is 2.65. The van der Waals surface area contributed by atoms with Crippen LogP contribution in [-0.2, 0) is 25.6 Å². The SMILES string of the molecule is CCc1ccc(N2C(=O)C3CC=C4C(CC5(Cl)C(=O)N(C)C(=O)C5(Cl)C4c4ccc(O)c(F)c4)C3C2=O)cc1. The largest absolute Gasteiger partial charge is 0.505 e. The third kappa shape index (κ3) is 3.28. The van der Waals surface area contributed by atoms with E-state index in [9.17, 15) is 28.7 Å². The van der Waals surface area contributed by atoms with E-state index in [1.54, 1.807) is 18.2 Å². The number of nitrogens with zero attached hydrogens (tertiary/aromatic N) is 2. The number of amides is 4. The van der Waals surface area contributed by atoms with Crippen LogP contribution < -0.4 is 4.90 Å². The second-order valence-electron chi connectivity index (χ2n) is 10.7. The van der Waals surface area contributed by atoms with Gasteiger partial charge in [0.1, 0.15) is 0 Å². The summed E-state index contributed by atoms with van der Waals surface area (Å²) < 4.78 is 14.6. The van der Waals surface area contributed by atoms with Gasteiger partial charge in [0.05, 0.1) is 17.5 Å². The molecule has 3 fully saturated rings. The van der Waals surface area contributed by atoms with Crippen LogP contribution in [0.4, 0.5) is 10.1 Å². The van der Waals surface area contributed by atoms with Crippen LogP contribution in [0, 0.1) is 23.6 Å². The number of imide groups is 2. The van der Waals surface area contributed by atoms with Crippen molar-refractivity contribution in [2.24, 2.45) is 17.8 Å². The molecule has 6 rings (SSSR count). The fraction of sp³-hybridized carbons (Fsp3) is 0.379. The molecule has 6 unspecified atom stereocenters. The highest BCUT2D eigenvalue weighted by Gasteiger charge is 2.75. The summed E-state index contributed by atoms with van der Waals surface area (Å²) in [5.41, 5.74) is 2.32. The Morgan fingerprint density at radius 3 is 2.33 bits per heavy atom. The molecular weight excluding hydrogens is 546 g/mol. The van der Waals surface area contributed by atoms with Crippen LogP contribution in [-0.4, -0.2) is 50.4 Å². The van der Waals surface area contributed by atoms with Crippen LogP contribution in [0.15, 0.2) is 54.1 Å². The number of allylic oxidation sites excluding steroid dienone is 2. The molecule has 202 valence electrons. The van der Waals surface area contributed by atoms with E-state index >= 15 is 0 Å². The van der Waals surface area contributed by atoms with Gasteiger partial charge in [-0.15, -0.1) is 23.2 Å². The van der Waals surface area contributed by atoms with E-state index in [1.807, 2.05) is 19.1 Å². The number of alkyl halides is 2. The van der Waals surface area contributed by atoms with E-state index in [0.29, 0.717) is 11.3 Å². The number of benzene rings is 2. The molecule has 2 aromatic carbocycles. The van der Waals surface area contributed by atoms with Gasteiger partial charge in [0.25, 0.3) is 11.8 Å². The van der Waals surface area contributed by atoms with E-state index in [4.69, 9.17) is 23.2 Å². The first-order valence-electron chi connectivity index (χ1n) is 12.8. The predicted octanol–water partition coefficient (Wildman–Crippen LogP) is 4.29. The van der Waals surface area contributed by atoms with Crippen LogP contribution >= 0.6 is 23.2 Å². The first-order chi connectivity index (χ1) is 18.5. The number of halogens is 3. The molecule has 0 spiro atoms. The number of anilines is 1. The number of rotatable bonds is 3. The Kier molecular flexibility index (Phi) is 5.76. The van der Waals surface area contributed by atoms with Gasteiger partial charge >= 0.3 is 0 Å². The van der Waals surface area contributed by atoms with Crippen LogP contribution in [0.2, 0.25) is 0 Å². The molecule has 2 saturated heterocycles. The maximum Gasteiger partial charge on any atom is 0.253 e. The van der Waals surface area contributed by atoms with Crippen molar-refractivity contribution in [1.82, 2.24) is 4.90 Å². The maximum absolute atomic E-state index is 14.6. The molecule has 10 heteroatoms. The zero-order valence-corrected chi connectivity index (χ0v) is 22.7. The highest BCUT2D eigenvalue weighted by atomic mass is 35.5. The van der Waals surface area contributed by atoms with Crippen molar-refractivity contribution < 1.29 is 28.7 Å². The second kappa shape index (κ2) is 8.63. The summed E-state index contributed by atoms with van der Waals surface area (Å²) in [6, 6.07) is 10.9. The number of aromatic hydroxyl groups is 1. The molecule has 2 heterocycles. The number of likely N-dealkylation sites (tertiary alicyclic amines) is 1. The quantitative estimate of drug-likeness (QED) is 0.337. The van der Waals surface area contributed by atoms with E-state index < -0.39 is 62.7 Å². The maximum atomic E-state index is 14.6. The molecule has 1 saturated carbocycles. The third-order valence-electron chi connectivity index (χ3n) is 8.92. The van der Waals surface area contributed by atoms with Gasteiger partial charge < -0.3 is 5.11 Å². The molecule has 4 amide bonds. The van der Waals surface area contributed by atoms with Crippen molar-refractivity contribution >= 4 is 52.5 Å². The smallest absolute Gasteiger partial charge is 0.253 e. The standard InChI is InChI=1S/C29H25Cl2FN2O5/c1-3-14-4-7-16(8-5-14)34-24(36)18-10-9-17-19(22(18)25(34)37)13-28(30)26(38)33(2)27(39)29(28,31)23(17)15-6-11-21(35)20(32)12-15/h4-9,11-12,18-19,22-23,35H,3,10,13H2,1-2H3. The molecule has 4 aliphatic rings. The van der Waals surface area contributed by atoms with Crippen molar-refractivity contribution in [3.8, 4) is 5.75 Å². The topological polar surface area (TPSA) is 95.0 Å². The minimum Gasteiger partial charge on any atom is -0.505 e. The van der Waals surface area contributed by atoms with Gasteiger partial charge in [-0.3, -0.25) is 29.0 Å². The van der Waals surface area contributed by atoms with Crippen molar-refractivity contribution in [2.45, 2.75) is 41.9 Å². The van der Waals surface area contributed by atoms with Crippen LogP contribution in [0.3, 0.4) is 0 Å². The average Bonchev–Trinajstić information content (AvgIpc) is 3.25. The number of carbonyl (C=O) groups excluding carboxylic acids is 4. The minimum atomic E-state index is -2.00. The number of hydrogen-bond acceptors (Lipinski definition) is 5. The number of aryl methyl sites for hydroxylation is 1. The summed E-state index contributed by atoms with van der Waals surface area (Å²) in [4.78, 5) is 52.6. The van der Waals surface area contributed by atoms with Gasteiger partial charge in [0, 0.05) is 13.0 Å². The van der Waals surface area contributed by atoms with Gasteiger partial charge in [-0.1, -0.05) is 36.8 Å². The molecule has 0 radical (unpaired) electrons. The lowest BCUT2D eigenvalue weighted by atomic mass is 9.56. The van der Waals surface area contributed by atoms with Crippen LogP contribution in [0.5, 0.6) is 5.75 Å². The Bertz CT molecular complexity index is 1490. The number of hydrogen-bond donors (Lipinski definition) is 1. The van der Waals surface area contributed by atoms with Gasteiger partial charge in [0.2, 0.25) is 11.8 Å². The number of fused-ring (bicyclic) bond motifs is 4. The lowest BCUT2D eigenvalue weighted by Crippen LogP contribution is -2.60. The van der Waals surface area contributed by atoms with E-state index in [-0.39, 0.29) is 24.3 Å². The highest BCUT2D eigenvalue weighted by molar-refractivity contribution is 6.53. The fourth-order valence-corrected chi connectivity index (χ4v) is 7.98. The molecule has 39 heavy (non-hydrogen) atoms. The first kappa shape index (κ1) is 26.0. The Balaban J connectivity index is 1.49. The van der Waals surface area contributed by atoms with E-state index in [0.717, 1.165) is 29.0 Å². The molecule has 6 atom stereocenters. The normalized spacial score (nSPS) is 33.7. The van der Waals surface area contributed by atoms with E-state index in [1.165, 1.54) is 18.0 Å². The summed E-state index contributed by atoms with van der Waals surface area (Å²) in [5, 5.41) is 9.80. The van der Waals surface area contributed by atoms with Gasteiger partial charge in [-0.05, 0) is 60.6 Å². The lowest BCUT2D eigenvalue weighted by molar-refractivity contribution is -0.138. The van der Waals surface area contributed by atoms with E-state index in [2.05, 4.69) is 0 Å². The van der Waals surface area contributed by atoms with Crippen molar-refractivity contribution in [1.29, 1.82) is 0 Å². The summed E-state index contributed by atoms with van der Waals surface area (Å²) >= 11 is 14.1. The Hall–Kier alpha value is -3.23. The summed E-state index contributed by atoms with van der Waals surface area (Å²) in [7, 11) is 1.29. The molecule has 2 aliphatic heterocycles. The van der Waals surface area contributed by atoms with Crippen LogP contribution in [0.25, 0.3) is 0 Å². The van der Waals surface area contributed by atoms with Crippen molar-refractivity contribution in [3.05, 3.63) is 71.1 Å². The zero-order chi connectivity index (χ0) is 28.0. The number of phenolic OH excluding ortho intramolecular Hbond substituents is 1. The second-order valence-corrected chi connectivity index (χ2v) is 12.0. The molecule has 2 aliphatic carbocycles. The average molecular weight is 571 g/mol. The van der Waals surface area contributed by atoms with Crippen LogP contribution in [0.1, 0.15) is 36.8 Å². The zero-order valence-electron chi connectivity index (χ0n) is 21.2. The fourth-order valence-electron chi connectivity index (χ4n) is 6.96. The minimum absolute atomic E-state index is 0.140. The van der Waals surface area contributed by atoms with Crippen molar-refractivity contribution in [3.63, 3.8) is 0 Å². The van der Waals surface area contributed by atoms with Gasteiger partial charge in [0.15, 0.2) is 21.3 Å². The summed E-state index contributed by atoms with van der Waals surface area (Å²) in [5.74, 6) is -6.99. The third-order valence-corrected chi connectivity index (χ3v) is 10.3. The Morgan fingerprint density at radius 2 is 1.69 bits per heavy atom. The molecule has 0 aromatic heterocycles. The molecule has 2 aromatic rings. The van der Waals surface area contributed by atoms with Gasteiger partial charge in [-0.2, -0.15) is 0 Å². The molecular formula is C29H25Cl2FN2O5. The molecule has 7 nitrogen and oxygen atoms in total. The molecule has 1 N–H and O–H groups in total.